The van der Waals surface area contributed by atoms with Crippen molar-refractivity contribution in [1.82, 2.24) is 0 Å². The first kappa shape index (κ1) is 21.0. The molecule has 4 N–H and O–H groups in total. The van der Waals surface area contributed by atoms with E-state index in [0.717, 1.165) is 33.4 Å². The van der Waals surface area contributed by atoms with Crippen LogP contribution in [-0.2, 0) is 0 Å². The molecule has 2 nitrogen and oxygen atoms in total. The van der Waals surface area contributed by atoms with E-state index in [1.165, 1.54) is 0 Å². The monoisotopic (exact) mass is 414 g/mol. The summed E-state index contributed by atoms with van der Waals surface area (Å²) >= 11 is 0. The van der Waals surface area contributed by atoms with Gasteiger partial charge in [0.05, 0.1) is 0 Å². The minimum atomic E-state index is 0.658. The van der Waals surface area contributed by atoms with Crippen molar-refractivity contribution in [2.24, 2.45) is 11.5 Å². The van der Waals surface area contributed by atoms with Crippen LogP contribution in [0.3, 0.4) is 0 Å². The Bertz CT molecular complexity index is 1140. The van der Waals surface area contributed by atoms with Crippen LogP contribution in [0.5, 0.6) is 0 Å². The summed E-state index contributed by atoms with van der Waals surface area (Å²) in [5.41, 5.74) is 20.8. The highest BCUT2D eigenvalue weighted by Crippen LogP contribution is 2.35. The second-order valence-corrected chi connectivity index (χ2v) is 7.50. The Morgan fingerprint density at radius 2 is 0.688 bits per heavy atom. The van der Waals surface area contributed by atoms with Gasteiger partial charge in [-0.25, -0.2) is 0 Å². The van der Waals surface area contributed by atoms with Crippen LogP contribution in [0.15, 0.2) is 133 Å². The molecule has 0 unspecified atom stereocenters. The van der Waals surface area contributed by atoms with Gasteiger partial charge in [0.1, 0.15) is 0 Å². The first-order valence-corrected chi connectivity index (χ1v) is 10.6. The fraction of sp³-hybridized carbons (Fsp3) is 0. The smallest absolute Gasteiger partial charge is 0.0406 e. The average Bonchev–Trinajstić information content (AvgIpc) is 2.84. The van der Waals surface area contributed by atoms with Crippen LogP contribution in [0.25, 0.3) is 23.3 Å². The molecule has 2 heteroatoms. The predicted octanol–water partition coefficient (Wildman–Crippen LogP) is 6.60. The summed E-state index contributed by atoms with van der Waals surface area (Å²) in [6.45, 7) is 0. The summed E-state index contributed by atoms with van der Waals surface area (Å²) in [6.07, 6.45) is 4.00. The summed E-state index contributed by atoms with van der Waals surface area (Å²) in [5, 5.41) is 0. The Morgan fingerprint density at radius 3 is 1.00 bits per heavy atom. The van der Waals surface area contributed by atoms with Gasteiger partial charge in [-0.1, -0.05) is 121 Å². The first-order chi connectivity index (χ1) is 15.7. The van der Waals surface area contributed by atoms with Gasteiger partial charge < -0.3 is 11.5 Å². The molecule has 0 saturated carbocycles. The average molecular weight is 415 g/mol. The molecule has 156 valence electrons. The molecular formula is C30H26N2. The Kier molecular flexibility index (Phi) is 6.64. The van der Waals surface area contributed by atoms with Crippen LogP contribution < -0.4 is 11.5 Å². The molecule has 4 aromatic carbocycles. The Balaban J connectivity index is 2.00. The minimum absolute atomic E-state index is 0.658. The molecule has 0 spiro atoms. The van der Waals surface area contributed by atoms with Gasteiger partial charge in [0.25, 0.3) is 0 Å². The van der Waals surface area contributed by atoms with Crippen molar-refractivity contribution in [3.05, 3.63) is 155 Å². The Labute approximate surface area is 189 Å². The summed E-state index contributed by atoms with van der Waals surface area (Å²) in [4.78, 5) is 0. The van der Waals surface area contributed by atoms with Gasteiger partial charge in [-0.05, 0) is 34.4 Å². The van der Waals surface area contributed by atoms with Crippen molar-refractivity contribution < 1.29 is 0 Å². The van der Waals surface area contributed by atoms with E-state index in [9.17, 15) is 0 Å². The van der Waals surface area contributed by atoms with Gasteiger partial charge in [-0.15, -0.1) is 0 Å². The second kappa shape index (κ2) is 10.1. The Hall–Kier alpha value is -4.30. The third-order valence-corrected chi connectivity index (χ3v) is 5.20. The summed E-state index contributed by atoms with van der Waals surface area (Å²) in [5.74, 6) is 0. The van der Waals surface area contributed by atoms with E-state index in [2.05, 4.69) is 24.3 Å². The third-order valence-electron chi connectivity index (χ3n) is 5.20. The van der Waals surface area contributed by atoms with E-state index < -0.39 is 0 Å². The lowest BCUT2D eigenvalue weighted by Crippen LogP contribution is -2.09. The maximum absolute atomic E-state index is 6.77. The largest absolute Gasteiger partial charge is 0.398 e. The van der Waals surface area contributed by atoms with E-state index in [1.807, 2.05) is 109 Å². The molecule has 4 aromatic rings. The summed E-state index contributed by atoms with van der Waals surface area (Å²) in [6, 6.07) is 40.6. The zero-order valence-electron chi connectivity index (χ0n) is 17.9. The highest BCUT2D eigenvalue weighted by atomic mass is 14.6. The lowest BCUT2D eigenvalue weighted by molar-refractivity contribution is 1.39. The van der Waals surface area contributed by atoms with Crippen LogP contribution in [0.4, 0.5) is 0 Å². The Morgan fingerprint density at radius 1 is 0.406 bits per heavy atom. The molecule has 0 bridgehead atoms. The first-order valence-electron chi connectivity index (χ1n) is 10.6. The van der Waals surface area contributed by atoms with Gasteiger partial charge in [-0.2, -0.15) is 0 Å². The van der Waals surface area contributed by atoms with Crippen molar-refractivity contribution >= 4 is 23.3 Å². The van der Waals surface area contributed by atoms with E-state index >= 15 is 0 Å². The maximum atomic E-state index is 6.77. The zero-order chi connectivity index (χ0) is 22.2. The summed E-state index contributed by atoms with van der Waals surface area (Å²) in [7, 11) is 0. The molecule has 0 atom stereocenters. The SMILES string of the molecule is NC(=Cc1ccccc1)C(=C(C(N)=Cc1ccccc1)c1ccccc1)c1ccccc1. The molecule has 32 heavy (non-hydrogen) atoms. The second-order valence-electron chi connectivity index (χ2n) is 7.50. The fourth-order valence-corrected chi connectivity index (χ4v) is 3.72. The normalized spacial score (nSPS) is 12.9. The van der Waals surface area contributed by atoms with Crippen LogP contribution in [0, 0.1) is 0 Å². The van der Waals surface area contributed by atoms with Gasteiger partial charge >= 0.3 is 0 Å². The molecule has 0 aromatic heterocycles. The molecule has 0 radical (unpaired) electrons. The van der Waals surface area contributed by atoms with E-state index in [-0.39, 0.29) is 0 Å². The number of allylic oxidation sites excluding steroid dienone is 2. The number of nitrogens with two attached hydrogens (primary N) is 2. The van der Waals surface area contributed by atoms with Crippen molar-refractivity contribution in [2.45, 2.75) is 0 Å². The van der Waals surface area contributed by atoms with Crippen molar-refractivity contribution in [1.29, 1.82) is 0 Å². The summed E-state index contributed by atoms with van der Waals surface area (Å²) < 4.78 is 0. The third kappa shape index (κ3) is 5.05. The van der Waals surface area contributed by atoms with Crippen LogP contribution >= 0.6 is 0 Å². The van der Waals surface area contributed by atoms with Gasteiger partial charge in [0.2, 0.25) is 0 Å². The van der Waals surface area contributed by atoms with E-state index in [4.69, 9.17) is 11.5 Å². The topological polar surface area (TPSA) is 52.0 Å². The molecule has 0 saturated heterocycles. The van der Waals surface area contributed by atoms with Crippen molar-refractivity contribution in [3.8, 4) is 0 Å². The fourth-order valence-electron chi connectivity index (χ4n) is 3.72. The minimum Gasteiger partial charge on any atom is -0.398 e. The van der Waals surface area contributed by atoms with Crippen LogP contribution in [-0.4, -0.2) is 0 Å². The highest BCUT2D eigenvalue weighted by molar-refractivity contribution is 6.06. The zero-order valence-corrected chi connectivity index (χ0v) is 17.9. The molecular weight excluding hydrogens is 388 g/mol. The number of hydrogen-bond donors (Lipinski definition) is 2. The molecule has 0 aliphatic rings. The lowest BCUT2D eigenvalue weighted by atomic mass is 9.89. The quantitative estimate of drug-likeness (QED) is 0.276. The van der Waals surface area contributed by atoms with Crippen molar-refractivity contribution in [3.63, 3.8) is 0 Å². The standard InChI is InChI=1S/C30H26N2/c31-27(21-23-13-5-1-6-14-23)29(25-17-9-3-10-18-25)30(26-19-11-4-12-20-26)28(32)22-24-15-7-2-8-16-24/h1-22H,31-32H2. The van der Waals surface area contributed by atoms with E-state index in [1.54, 1.807) is 0 Å². The number of benzene rings is 4. The molecule has 0 amide bonds. The van der Waals surface area contributed by atoms with Crippen LogP contribution in [0.1, 0.15) is 22.3 Å². The van der Waals surface area contributed by atoms with Gasteiger partial charge in [0.15, 0.2) is 0 Å². The van der Waals surface area contributed by atoms with E-state index in [0.29, 0.717) is 11.4 Å². The molecule has 4 rings (SSSR count). The molecule has 0 aliphatic carbocycles. The number of rotatable bonds is 6. The highest BCUT2D eigenvalue weighted by Gasteiger charge is 2.16. The number of hydrogen-bond acceptors (Lipinski definition) is 2. The lowest BCUT2D eigenvalue weighted by Gasteiger charge is -2.18. The van der Waals surface area contributed by atoms with Gasteiger partial charge in [0, 0.05) is 22.5 Å². The molecule has 0 heterocycles. The van der Waals surface area contributed by atoms with Gasteiger partial charge in [-0.3, -0.25) is 0 Å². The van der Waals surface area contributed by atoms with Crippen LogP contribution in [0.2, 0.25) is 0 Å². The van der Waals surface area contributed by atoms with Crippen molar-refractivity contribution in [2.75, 3.05) is 0 Å². The molecule has 0 aliphatic heterocycles. The maximum Gasteiger partial charge on any atom is 0.0406 e. The predicted molar refractivity (Wildman–Crippen MR) is 137 cm³/mol. The molecule has 0 fully saturated rings.